The first-order valence-electron chi connectivity index (χ1n) is 7.96. The summed E-state index contributed by atoms with van der Waals surface area (Å²) in [6.07, 6.45) is 0. The number of hydrogen-bond donors (Lipinski definition) is 2. The number of aromatic amines is 1. The quantitative estimate of drug-likeness (QED) is 0.583. The normalized spacial score (nSPS) is 11.0. The van der Waals surface area contributed by atoms with E-state index in [1.807, 2.05) is 30.3 Å². The van der Waals surface area contributed by atoms with Crippen molar-refractivity contribution < 1.29 is 4.79 Å². The lowest BCUT2D eigenvalue weighted by Gasteiger charge is -2.16. The Kier molecular flexibility index (Phi) is 4.10. The Hall–Kier alpha value is -3.26. The zero-order valence-electron chi connectivity index (χ0n) is 13.9. The van der Waals surface area contributed by atoms with E-state index in [1.54, 1.807) is 25.2 Å². The molecule has 2 aromatic heterocycles. The van der Waals surface area contributed by atoms with Gasteiger partial charge in [0.1, 0.15) is 5.82 Å². The van der Waals surface area contributed by atoms with Crippen LogP contribution in [0.2, 0.25) is 0 Å². The van der Waals surface area contributed by atoms with Gasteiger partial charge in [-0.05, 0) is 24.3 Å². The number of carbonyl (C=O) groups is 1. The van der Waals surface area contributed by atoms with Crippen LogP contribution in [0.25, 0.3) is 21.1 Å². The number of benzene rings is 2. The molecular weight excluding hydrogens is 350 g/mol. The minimum atomic E-state index is -0.320. The molecule has 0 fully saturated rings. The fourth-order valence-electron chi connectivity index (χ4n) is 2.62. The number of thiazole rings is 1. The second-order valence-electron chi connectivity index (χ2n) is 5.80. The van der Waals surface area contributed by atoms with E-state index in [1.165, 1.54) is 16.2 Å². The summed E-state index contributed by atoms with van der Waals surface area (Å²) < 4.78 is 1.01. The van der Waals surface area contributed by atoms with Crippen LogP contribution in [-0.2, 0) is 6.54 Å². The lowest BCUT2D eigenvalue weighted by atomic mass is 10.2. The fourth-order valence-corrected chi connectivity index (χ4v) is 3.47. The molecule has 4 rings (SSSR count). The summed E-state index contributed by atoms with van der Waals surface area (Å²) in [4.78, 5) is 37.5. The molecule has 0 saturated carbocycles. The highest BCUT2D eigenvalue weighted by molar-refractivity contribution is 7.22. The molecule has 4 aromatic rings. The van der Waals surface area contributed by atoms with Crippen LogP contribution in [0.3, 0.4) is 0 Å². The second kappa shape index (κ2) is 6.57. The van der Waals surface area contributed by atoms with Crippen LogP contribution < -0.4 is 10.9 Å². The lowest BCUT2D eigenvalue weighted by Crippen LogP contribution is -2.32. The first-order valence-corrected chi connectivity index (χ1v) is 8.77. The Bertz CT molecular complexity index is 1130. The molecule has 7 nitrogen and oxygen atoms in total. The molecule has 0 aliphatic rings. The van der Waals surface area contributed by atoms with Crippen LogP contribution in [0.4, 0.5) is 9.93 Å². The molecule has 2 amide bonds. The number of carbonyl (C=O) groups excluding carboxylic acids is 1. The molecule has 0 bridgehead atoms. The molecular formula is C18H15N5O2S. The van der Waals surface area contributed by atoms with Gasteiger partial charge in [0, 0.05) is 7.05 Å². The SMILES string of the molecule is CN(Cc1nc2ccccc2c(=O)[nH]1)C(=O)Nc1nc2ccccc2s1. The van der Waals surface area contributed by atoms with E-state index in [0.717, 1.165) is 10.2 Å². The first-order chi connectivity index (χ1) is 12.6. The monoisotopic (exact) mass is 365 g/mol. The molecule has 0 atom stereocenters. The van der Waals surface area contributed by atoms with Gasteiger partial charge in [0.25, 0.3) is 5.56 Å². The summed E-state index contributed by atoms with van der Waals surface area (Å²) in [6.45, 7) is 0.177. The van der Waals surface area contributed by atoms with Crippen molar-refractivity contribution in [3.05, 3.63) is 64.7 Å². The van der Waals surface area contributed by atoms with Gasteiger partial charge in [-0.2, -0.15) is 0 Å². The number of aromatic nitrogens is 3. The maximum absolute atomic E-state index is 12.4. The van der Waals surface area contributed by atoms with Gasteiger partial charge in [0.15, 0.2) is 5.13 Å². The zero-order chi connectivity index (χ0) is 18.1. The Morgan fingerprint density at radius 2 is 1.85 bits per heavy atom. The third kappa shape index (κ3) is 3.14. The number of nitrogens with zero attached hydrogens (tertiary/aromatic N) is 3. The van der Waals surface area contributed by atoms with Crippen molar-refractivity contribution >= 4 is 43.6 Å². The van der Waals surface area contributed by atoms with Gasteiger partial charge in [0.2, 0.25) is 0 Å². The number of hydrogen-bond acceptors (Lipinski definition) is 5. The van der Waals surface area contributed by atoms with E-state index >= 15 is 0 Å². The summed E-state index contributed by atoms with van der Waals surface area (Å²) in [6, 6.07) is 14.5. The van der Waals surface area contributed by atoms with E-state index < -0.39 is 0 Å². The van der Waals surface area contributed by atoms with Crippen molar-refractivity contribution in [1.82, 2.24) is 19.9 Å². The van der Waals surface area contributed by atoms with Gasteiger partial charge in [-0.25, -0.2) is 14.8 Å². The van der Waals surface area contributed by atoms with E-state index in [9.17, 15) is 9.59 Å². The minimum absolute atomic E-state index is 0.177. The lowest BCUT2D eigenvalue weighted by molar-refractivity contribution is 0.219. The predicted molar refractivity (Wildman–Crippen MR) is 102 cm³/mol. The maximum Gasteiger partial charge on any atom is 0.323 e. The average Bonchev–Trinajstić information content (AvgIpc) is 3.04. The highest BCUT2D eigenvalue weighted by atomic mass is 32.1. The number of amides is 2. The van der Waals surface area contributed by atoms with Gasteiger partial charge in [-0.1, -0.05) is 35.6 Å². The predicted octanol–water partition coefficient (Wildman–Crippen LogP) is 3.20. The number of nitrogens with one attached hydrogen (secondary N) is 2. The summed E-state index contributed by atoms with van der Waals surface area (Å²) in [7, 11) is 1.64. The van der Waals surface area contributed by atoms with E-state index in [-0.39, 0.29) is 18.1 Å². The molecule has 0 unspecified atom stereocenters. The second-order valence-corrected chi connectivity index (χ2v) is 6.83. The van der Waals surface area contributed by atoms with Crippen molar-refractivity contribution in [2.45, 2.75) is 6.54 Å². The minimum Gasteiger partial charge on any atom is -0.320 e. The Morgan fingerprint density at radius 3 is 2.65 bits per heavy atom. The number of anilines is 1. The highest BCUT2D eigenvalue weighted by Gasteiger charge is 2.14. The summed E-state index contributed by atoms with van der Waals surface area (Å²) in [5.74, 6) is 0.427. The third-order valence-corrected chi connectivity index (χ3v) is 4.86. The van der Waals surface area contributed by atoms with Crippen molar-refractivity contribution in [3.63, 3.8) is 0 Å². The molecule has 130 valence electrons. The van der Waals surface area contributed by atoms with Crippen LogP contribution in [0.5, 0.6) is 0 Å². The molecule has 2 aromatic carbocycles. The van der Waals surface area contributed by atoms with Crippen LogP contribution in [0.1, 0.15) is 5.82 Å². The summed E-state index contributed by atoms with van der Waals surface area (Å²) >= 11 is 1.41. The summed E-state index contributed by atoms with van der Waals surface area (Å²) in [5, 5.41) is 3.83. The van der Waals surface area contributed by atoms with Crippen LogP contribution >= 0.6 is 11.3 Å². The number of rotatable bonds is 3. The van der Waals surface area contributed by atoms with E-state index in [0.29, 0.717) is 21.9 Å². The van der Waals surface area contributed by atoms with Crippen LogP contribution in [0, 0.1) is 0 Å². The number of urea groups is 1. The molecule has 2 heterocycles. The van der Waals surface area contributed by atoms with Gasteiger partial charge in [0.05, 0.1) is 27.7 Å². The largest absolute Gasteiger partial charge is 0.323 e. The number of para-hydroxylation sites is 2. The standard InChI is InChI=1S/C18H15N5O2S/c1-23(10-15-19-12-7-3-2-6-11(12)16(24)21-15)18(25)22-17-20-13-8-4-5-9-14(13)26-17/h2-9H,10H2,1H3,(H,19,21,24)(H,20,22,25). The summed E-state index contributed by atoms with van der Waals surface area (Å²) in [5.41, 5.74) is 1.23. The molecule has 0 aliphatic carbocycles. The molecule has 8 heteroatoms. The maximum atomic E-state index is 12.4. The van der Waals surface area contributed by atoms with Crippen molar-refractivity contribution in [2.75, 3.05) is 12.4 Å². The van der Waals surface area contributed by atoms with Gasteiger partial charge in [-0.3, -0.25) is 10.1 Å². The van der Waals surface area contributed by atoms with Crippen molar-refractivity contribution in [1.29, 1.82) is 0 Å². The van der Waals surface area contributed by atoms with Gasteiger partial charge >= 0.3 is 6.03 Å². The Morgan fingerprint density at radius 1 is 1.12 bits per heavy atom. The molecule has 26 heavy (non-hydrogen) atoms. The third-order valence-electron chi connectivity index (χ3n) is 3.90. The van der Waals surface area contributed by atoms with Crippen LogP contribution in [-0.4, -0.2) is 32.9 Å². The van der Waals surface area contributed by atoms with E-state index in [2.05, 4.69) is 20.3 Å². The smallest absolute Gasteiger partial charge is 0.320 e. The topological polar surface area (TPSA) is 91.0 Å². The molecule has 0 spiro atoms. The Balaban J connectivity index is 1.51. The molecule has 2 N–H and O–H groups in total. The fraction of sp³-hybridized carbons (Fsp3) is 0.111. The van der Waals surface area contributed by atoms with Gasteiger partial charge in [-0.15, -0.1) is 0 Å². The molecule has 0 aliphatic heterocycles. The molecule has 0 saturated heterocycles. The van der Waals surface area contributed by atoms with Crippen molar-refractivity contribution in [3.8, 4) is 0 Å². The van der Waals surface area contributed by atoms with Crippen LogP contribution in [0.15, 0.2) is 53.3 Å². The van der Waals surface area contributed by atoms with Gasteiger partial charge < -0.3 is 9.88 Å². The van der Waals surface area contributed by atoms with E-state index in [4.69, 9.17) is 0 Å². The molecule has 0 radical (unpaired) electrons. The number of fused-ring (bicyclic) bond motifs is 2. The Labute approximate surface area is 152 Å². The first kappa shape index (κ1) is 16.2. The zero-order valence-corrected chi connectivity index (χ0v) is 14.7. The highest BCUT2D eigenvalue weighted by Crippen LogP contribution is 2.25. The number of H-pyrrole nitrogens is 1. The van der Waals surface area contributed by atoms with Crippen molar-refractivity contribution in [2.24, 2.45) is 0 Å². The average molecular weight is 365 g/mol.